The van der Waals surface area contributed by atoms with Crippen molar-refractivity contribution in [3.63, 3.8) is 0 Å². The van der Waals surface area contributed by atoms with Crippen molar-refractivity contribution in [2.45, 2.75) is 6.92 Å². The zero-order valence-electron chi connectivity index (χ0n) is 9.63. The lowest BCUT2D eigenvalue weighted by molar-refractivity contribution is 0.944. The van der Waals surface area contributed by atoms with Crippen LogP contribution in [0.4, 0.5) is 5.69 Å². The molecule has 86 valence electrons. The Morgan fingerprint density at radius 1 is 1.50 bits per heavy atom. The van der Waals surface area contributed by atoms with Gasteiger partial charge in [0.2, 0.25) is 0 Å². The molecule has 1 aromatic carbocycles. The van der Waals surface area contributed by atoms with Crippen LogP contribution >= 0.6 is 11.6 Å². The summed E-state index contributed by atoms with van der Waals surface area (Å²) in [5, 5.41) is 4.08. The van der Waals surface area contributed by atoms with Gasteiger partial charge in [0.15, 0.2) is 0 Å². The second-order valence-electron chi connectivity index (χ2n) is 4.02. The highest BCUT2D eigenvalue weighted by atomic mass is 35.5. The van der Waals surface area contributed by atoms with Gasteiger partial charge in [0.05, 0.1) is 23.8 Å². The molecule has 1 aliphatic heterocycles. The van der Waals surface area contributed by atoms with Gasteiger partial charge in [-0.2, -0.15) is 0 Å². The molecule has 1 heterocycles. The number of hydrogen-bond donors (Lipinski definition) is 1. The lowest BCUT2D eigenvalue weighted by Gasteiger charge is -2.21. The summed E-state index contributed by atoms with van der Waals surface area (Å²) in [7, 11) is 2.03. The van der Waals surface area contributed by atoms with Crippen molar-refractivity contribution in [1.82, 2.24) is 5.32 Å². The van der Waals surface area contributed by atoms with Gasteiger partial charge >= 0.3 is 0 Å². The molecule has 0 atom stereocenters. The summed E-state index contributed by atoms with van der Waals surface area (Å²) in [6.07, 6.45) is 0. The quantitative estimate of drug-likeness (QED) is 0.872. The molecular formula is C12H16ClN3. The summed E-state index contributed by atoms with van der Waals surface area (Å²) in [6.45, 7) is 4.63. The number of likely N-dealkylation sites (N-methyl/N-ethyl adjacent to an activating group) is 1. The van der Waals surface area contributed by atoms with E-state index in [9.17, 15) is 0 Å². The number of amidine groups is 1. The van der Waals surface area contributed by atoms with E-state index in [1.807, 2.05) is 32.2 Å². The fourth-order valence-electron chi connectivity index (χ4n) is 1.79. The molecule has 1 N–H and O–H groups in total. The van der Waals surface area contributed by atoms with E-state index in [-0.39, 0.29) is 0 Å². The average Bonchev–Trinajstić information content (AvgIpc) is 2.74. The normalized spacial score (nSPS) is 14.6. The van der Waals surface area contributed by atoms with Crippen LogP contribution in [-0.4, -0.2) is 32.5 Å². The van der Waals surface area contributed by atoms with Gasteiger partial charge < -0.3 is 10.2 Å². The standard InChI is InChI=1S/C12H16ClN3/c1-9-4-3-5-10(12(9)13)16(2)8-11-14-6-7-15-11/h3-5H,6-8H2,1-2H3,(H,14,15). The highest BCUT2D eigenvalue weighted by molar-refractivity contribution is 6.34. The largest absolute Gasteiger partial charge is 0.370 e. The molecule has 3 nitrogen and oxygen atoms in total. The van der Waals surface area contributed by atoms with Crippen LogP contribution in [0.5, 0.6) is 0 Å². The first kappa shape index (κ1) is 11.3. The molecule has 0 amide bonds. The van der Waals surface area contributed by atoms with Gasteiger partial charge in [-0.1, -0.05) is 23.7 Å². The number of rotatable bonds is 3. The minimum atomic E-state index is 0.781. The number of hydrogen-bond acceptors (Lipinski definition) is 3. The Kier molecular flexibility index (Phi) is 3.34. The highest BCUT2D eigenvalue weighted by Crippen LogP contribution is 2.27. The summed E-state index contributed by atoms with van der Waals surface area (Å²) in [5.41, 5.74) is 2.16. The van der Waals surface area contributed by atoms with Crippen LogP contribution in [0.3, 0.4) is 0 Å². The van der Waals surface area contributed by atoms with E-state index in [2.05, 4.69) is 15.2 Å². The minimum absolute atomic E-state index is 0.781. The predicted octanol–water partition coefficient (Wildman–Crippen LogP) is 2.09. The maximum absolute atomic E-state index is 6.27. The Hall–Kier alpha value is -1.22. The van der Waals surface area contributed by atoms with Crippen LogP contribution in [0.1, 0.15) is 5.56 Å². The van der Waals surface area contributed by atoms with Gasteiger partial charge in [-0.3, -0.25) is 4.99 Å². The van der Waals surface area contributed by atoms with E-state index in [1.54, 1.807) is 0 Å². The summed E-state index contributed by atoms with van der Waals surface area (Å²) < 4.78 is 0. The highest BCUT2D eigenvalue weighted by Gasteiger charge is 2.12. The van der Waals surface area contributed by atoms with Crippen molar-refractivity contribution in [2.75, 3.05) is 31.6 Å². The van der Waals surface area contributed by atoms with Crippen LogP contribution in [-0.2, 0) is 0 Å². The van der Waals surface area contributed by atoms with Crippen molar-refractivity contribution in [3.8, 4) is 0 Å². The predicted molar refractivity (Wildman–Crippen MR) is 69.8 cm³/mol. The monoisotopic (exact) mass is 237 g/mol. The Balaban J connectivity index is 2.14. The molecule has 0 saturated carbocycles. The summed E-state index contributed by atoms with van der Waals surface area (Å²) in [6, 6.07) is 6.08. The van der Waals surface area contributed by atoms with Crippen molar-refractivity contribution >= 4 is 23.1 Å². The first-order chi connectivity index (χ1) is 7.68. The maximum atomic E-state index is 6.27. The van der Waals surface area contributed by atoms with E-state index in [1.165, 1.54) is 0 Å². The number of halogens is 1. The van der Waals surface area contributed by atoms with Crippen LogP contribution in [0.2, 0.25) is 5.02 Å². The fraction of sp³-hybridized carbons (Fsp3) is 0.417. The molecule has 2 rings (SSSR count). The zero-order chi connectivity index (χ0) is 11.5. The molecule has 0 saturated heterocycles. The van der Waals surface area contributed by atoms with Gasteiger partial charge in [-0.05, 0) is 18.6 Å². The average molecular weight is 238 g/mol. The molecular weight excluding hydrogens is 222 g/mol. The van der Waals surface area contributed by atoms with Crippen LogP contribution < -0.4 is 10.2 Å². The summed E-state index contributed by atoms with van der Waals surface area (Å²) >= 11 is 6.27. The molecule has 0 fully saturated rings. The molecule has 0 unspecified atom stereocenters. The molecule has 0 bridgehead atoms. The van der Waals surface area contributed by atoms with E-state index < -0.39 is 0 Å². The number of nitrogens with one attached hydrogen (secondary N) is 1. The smallest absolute Gasteiger partial charge is 0.116 e. The van der Waals surface area contributed by atoms with Gasteiger partial charge in [-0.15, -0.1) is 0 Å². The van der Waals surface area contributed by atoms with Crippen LogP contribution in [0.15, 0.2) is 23.2 Å². The van der Waals surface area contributed by atoms with Crippen LogP contribution in [0.25, 0.3) is 0 Å². The molecule has 0 spiro atoms. The van der Waals surface area contributed by atoms with Crippen molar-refractivity contribution in [1.29, 1.82) is 0 Å². The topological polar surface area (TPSA) is 27.6 Å². The van der Waals surface area contributed by atoms with Gasteiger partial charge in [-0.25, -0.2) is 0 Å². The van der Waals surface area contributed by atoms with Crippen LogP contribution in [0, 0.1) is 6.92 Å². The van der Waals surface area contributed by atoms with E-state index >= 15 is 0 Å². The SMILES string of the molecule is Cc1cccc(N(C)CC2=NCCN2)c1Cl. The van der Waals surface area contributed by atoms with Gasteiger partial charge in [0.1, 0.15) is 5.84 Å². The van der Waals surface area contributed by atoms with Crippen molar-refractivity contribution in [2.24, 2.45) is 4.99 Å². The maximum Gasteiger partial charge on any atom is 0.116 e. The van der Waals surface area contributed by atoms with E-state index in [0.29, 0.717) is 0 Å². The molecule has 16 heavy (non-hydrogen) atoms. The Labute approximate surface area is 101 Å². The fourth-order valence-corrected chi connectivity index (χ4v) is 2.06. The number of benzene rings is 1. The molecule has 1 aliphatic rings. The number of anilines is 1. The number of aryl methyl sites for hydroxylation is 1. The first-order valence-corrected chi connectivity index (χ1v) is 5.79. The Bertz CT molecular complexity index is 415. The molecule has 0 radical (unpaired) electrons. The summed E-state index contributed by atoms with van der Waals surface area (Å²) in [4.78, 5) is 6.49. The Morgan fingerprint density at radius 3 is 3.00 bits per heavy atom. The number of nitrogens with zero attached hydrogens (tertiary/aromatic N) is 2. The molecule has 0 aliphatic carbocycles. The second-order valence-corrected chi connectivity index (χ2v) is 4.40. The van der Waals surface area contributed by atoms with Gasteiger partial charge in [0.25, 0.3) is 0 Å². The van der Waals surface area contributed by atoms with E-state index in [4.69, 9.17) is 11.6 Å². The lowest BCUT2D eigenvalue weighted by Crippen LogP contribution is -2.32. The third-order valence-electron chi connectivity index (χ3n) is 2.71. The molecule has 1 aromatic rings. The van der Waals surface area contributed by atoms with Gasteiger partial charge in [0, 0.05) is 13.6 Å². The third kappa shape index (κ3) is 2.30. The second kappa shape index (κ2) is 4.74. The van der Waals surface area contributed by atoms with Crippen molar-refractivity contribution in [3.05, 3.63) is 28.8 Å². The number of aliphatic imine (C=N–C) groups is 1. The Morgan fingerprint density at radius 2 is 2.31 bits per heavy atom. The zero-order valence-corrected chi connectivity index (χ0v) is 10.4. The summed E-state index contributed by atoms with van der Waals surface area (Å²) in [5.74, 6) is 1.04. The van der Waals surface area contributed by atoms with E-state index in [0.717, 1.165) is 41.7 Å². The minimum Gasteiger partial charge on any atom is -0.370 e. The lowest BCUT2D eigenvalue weighted by atomic mass is 10.2. The van der Waals surface area contributed by atoms with Crippen molar-refractivity contribution < 1.29 is 0 Å². The first-order valence-electron chi connectivity index (χ1n) is 5.42. The third-order valence-corrected chi connectivity index (χ3v) is 3.20. The molecule has 4 heteroatoms. The molecule has 0 aromatic heterocycles.